The fourth-order valence-electron chi connectivity index (χ4n) is 8.20. The number of aromatic amines is 1. The lowest BCUT2D eigenvalue weighted by Crippen LogP contribution is -2.47. The number of piperazine rings is 1. The molecule has 19 heteroatoms. The van der Waals surface area contributed by atoms with E-state index in [9.17, 15) is 31.7 Å². The van der Waals surface area contributed by atoms with Crippen molar-refractivity contribution in [2.45, 2.75) is 38.0 Å². The third-order valence-corrected chi connectivity index (χ3v) is 14.9. The zero-order valence-electron chi connectivity index (χ0n) is 34.3. The van der Waals surface area contributed by atoms with Crippen LogP contribution in [0.25, 0.3) is 16.6 Å². The van der Waals surface area contributed by atoms with Crippen LogP contribution < -0.4 is 19.8 Å². The number of halogens is 1. The summed E-state index contributed by atoms with van der Waals surface area (Å²) in [6, 6.07) is 20.1. The summed E-state index contributed by atoms with van der Waals surface area (Å²) in [4.78, 5) is 36.9. The maximum atomic E-state index is 14.1. The minimum Gasteiger partial charge on any atom is -0.455 e. The summed E-state index contributed by atoms with van der Waals surface area (Å²) in [6.07, 6.45) is 6.37. The largest absolute Gasteiger partial charge is 0.455 e. The molecular formula is C43H47ClN8O8S2. The topological polar surface area (TPSA) is 200 Å². The van der Waals surface area contributed by atoms with E-state index in [1.807, 2.05) is 18.2 Å². The molecule has 2 aromatic heterocycles. The van der Waals surface area contributed by atoms with E-state index in [1.165, 1.54) is 40.0 Å². The number of sulfone groups is 1. The number of hydrogen-bond acceptors (Lipinski definition) is 13. The molecule has 3 N–H and O–H groups in total. The molecule has 3 aromatic carbocycles. The van der Waals surface area contributed by atoms with Crippen molar-refractivity contribution >= 4 is 71.0 Å². The maximum absolute atomic E-state index is 14.1. The van der Waals surface area contributed by atoms with Crippen LogP contribution in [-0.2, 0) is 19.9 Å². The van der Waals surface area contributed by atoms with Crippen molar-refractivity contribution < 1.29 is 31.3 Å². The van der Waals surface area contributed by atoms with E-state index in [-0.39, 0.29) is 41.3 Å². The molecule has 0 atom stereocenters. The molecule has 326 valence electrons. The van der Waals surface area contributed by atoms with Gasteiger partial charge in [0.2, 0.25) is 0 Å². The highest BCUT2D eigenvalue weighted by Gasteiger charge is 2.33. The molecule has 0 unspecified atom stereocenters. The number of fused-ring (bicyclic) bond motifs is 1. The number of hydrazine groups is 1. The first kappa shape index (κ1) is 43.1. The molecule has 8 rings (SSSR count). The summed E-state index contributed by atoms with van der Waals surface area (Å²) in [5.74, 6) is -1.09. The molecule has 1 amide bonds. The van der Waals surface area contributed by atoms with E-state index in [0.29, 0.717) is 29.5 Å². The van der Waals surface area contributed by atoms with Crippen LogP contribution in [0.15, 0.2) is 95.7 Å². The van der Waals surface area contributed by atoms with E-state index < -0.39 is 47.0 Å². The number of anilines is 2. The van der Waals surface area contributed by atoms with Gasteiger partial charge in [-0.3, -0.25) is 19.8 Å². The van der Waals surface area contributed by atoms with Gasteiger partial charge in [-0.15, -0.1) is 0 Å². The number of nitro benzene ring substituents is 1. The minimum absolute atomic E-state index is 0.0342. The Bertz CT molecular complexity index is 2770. The first-order valence-corrected chi connectivity index (χ1v) is 24.0. The molecule has 5 aromatic rings. The number of benzene rings is 3. The van der Waals surface area contributed by atoms with Gasteiger partial charge >= 0.3 is 0 Å². The third-order valence-electron chi connectivity index (χ3n) is 11.7. The molecule has 0 radical (unpaired) electrons. The van der Waals surface area contributed by atoms with Gasteiger partial charge in [-0.05, 0) is 78.3 Å². The Labute approximate surface area is 365 Å². The van der Waals surface area contributed by atoms with Crippen LogP contribution in [0.2, 0.25) is 5.02 Å². The standard InChI is InChI=1S/C43H47ClN8O8S2/c1-43(2)14-12-31(36(26-43)29-6-8-32(44)9-7-29)28-49-16-18-50(19-17-49)33-10-11-35(38(25-33)60-34-24-30-13-15-45-41(30)46-27-34)42(53)48-62(58,59)39-5-3-4-37(52(54)55)40(39)47-51-20-22-61(56,57)23-21-51/h3-11,13,15,24-25,27,47H,12,14,16-23,26,28H2,1-2H3,(H,45,46)(H,48,53). The number of pyridine rings is 1. The van der Waals surface area contributed by atoms with Crippen molar-refractivity contribution in [3.05, 3.63) is 117 Å². The van der Waals surface area contributed by atoms with Gasteiger partial charge < -0.3 is 20.0 Å². The highest BCUT2D eigenvalue weighted by Crippen LogP contribution is 2.43. The fourth-order valence-corrected chi connectivity index (χ4v) is 10.7. The number of sulfonamides is 1. The number of amides is 1. The molecule has 0 bridgehead atoms. The lowest BCUT2D eigenvalue weighted by Gasteiger charge is -2.39. The third kappa shape index (κ3) is 9.74. The first-order chi connectivity index (χ1) is 29.5. The number of nitrogens with zero attached hydrogens (tertiary/aromatic N) is 5. The number of carbonyl (C=O) groups is 1. The second-order valence-corrected chi connectivity index (χ2v) is 21.0. The second-order valence-electron chi connectivity index (χ2n) is 16.7. The Balaban J connectivity index is 1.04. The maximum Gasteiger partial charge on any atom is 0.295 e. The van der Waals surface area contributed by atoms with E-state index in [0.717, 1.165) is 62.1 Å². The summed E-state index contributed by atoms with van der Waals surface area (Å²) < 4.78 is 60.4. The van der Waals surface area contributed by atoms with E-state index in [4.69, 9.17) is 16.3 Å². The van der Waals surface area contributed by atoms with Crippen molar-refractivity contribution in [2.75, 3.05) is 67.6 Å². The molecule has 16 nitrogen and oxygen atoms in total. The Morgan fingerprint density at radius 1 is 1.00 bits per heavy atom. The normalized spacial score (nSPS) is 18.4. The molecule has 3 aliphatic rings. The van der Waals surface area contributed by atoms with Crippen molar-refractivity contribution in [3.8, 4) is 11.5 Å². The van der Waals surface area contributed by atoms with Gasteiger partial charge in [0.25, 0.3) is 21.6 Å². The minimum atomic E-state index is -4.77. The summed E-state index contributed by atoms with van der Waals surface area (Å²) in [7, 11) is -8.07. The lowest BCUT2D eigenvalue weighted by atomic mass is 9.72. The molecule has 0 spiro atoms. The summed E-state index contributed by atoms with van der Waals surface area (Å²) in [6.45, 7) is 8.39. The van der Waals surface area contributed by atoms with Gasteiger partial charge in [-0.25, -0.2) is 31.6 Å². The molecule has 2 fully saturated rings. The number of nitrogens with one attached hydrogen (secondary N) is 3. The number of allylic oxidation sites excluding steroid dienone is 1. The number of rotatable bonds is 12. The second kappa shape index (κ2) is 17.3. The van der Waals surface area contributed by atoms with Crippen LogP contribution in [0.4, 0.5) is 17.1 Å². The van der Waals surface area contributed by atoms with Crippen molar-refractivity contribution in [1.29, 1.82) is 0 Å². The highest BCUT2D eigenvalue weighted by atomic mass is 35.5. The van der Waals surface area contributed by atoms with Crippen LogP contribution in [0.1, 0.15) is 49.0 Å². The molecule has 2 saturated heterocycles. The van der Waals surface area contributed by atoms with Gasteiger partial charge in [-0.1, -0.05) is 49.2 Å². The van der Waals surface area contributed by atoms with Crippen LogP contribution in [0.5, 0.6) is 11.5 Å². The number of para-hydroxylation sites is 1. The molecule has 62 heavy (non-hydrogen) atoms. The number of ether oxygens (including phenoxy) is 1. The van der Waals surface area contributed by atoms with Gasteiger partial charge in [-0.2, -0.15) is 0 Å². The zero-order chi connectivity index (χ0) is 43.8. The molecule has 0 saturated carbocycles. The van der Waals surface area contributed by atoms with E-state index in [2.05, 4.69) is 55.9 Å². The van der Waals surface area contributed by atoms with Gasteiger partial charge in [0.1, 0.15) is 27.7 Å². The lowest BCUT2D eigenvalue weighted by molar-refractivity contribution is -0.384. The zero-order valence-corrected chi connectivity index (χ0v) is 36.7. The number of nitro groups is 1. The van der Waals surface area contributed by atoms with Gasteiger partial charge in [0, 0.05) is 80.2 Å². The van der Waals surface area contributed by atoms with E-state index in [1.54, 1.807) is 24.4 Å². The van der Waals surface area contributed by atoms with Gasteiger partial charge in [0.15, 0.2) is 9.84 Å². The summed E-state index contributed by atoms with van der Waals surface area (Å²) >= 11 is 6.23. The Morgan fingerprint density at radius 2 is 1.74 bits per heavy atom. The predicted molar refractivity (Wildman–Crippen MR) is 239 cm³/mol. The number of hydrogen-bond donors (Lipinski definition) is 3. The number of aromatic nitrogens is 2. The molecule has 4 heterocycles. The van der Waals surface area contributed by atoms with Crippen LogP contribution in [-0.4, -0.2) is 105 Å². The predicted octanol–water partition coefficient (Wildman–Crippen LogP) is 6.88. The molecular weight excluding hydrogens is 856 g/mol. The Kier molecular flexibility index (Phi) is 12.1. The smallest absolute Gasteiger partial charge is 0.295 e. The van der Waals surface area contributed by atoms with Crippen molar-refractivity contribution in [2.24, 2.45) is 5.41 Å². The average molecular weight is 903 g/mol. The van der Waals surface area contributed by atoms with Crippen LogP contribution >= 0.6 is 11.6 Å². The number of carbonyl (C=O) groups excluding carboxylic acids is 1. The highest BCUT2D eigenvalue weighted by molar-refractivity contribution is 7.91. The number of H-pyrrole nitrogens is 1. The van der Waals surface area contributed by atoms with Crippen molar-refractivity contribution in [1.82, 2.24) is 24.6 Å². The van der Waals surface area contributed by atoms with Crippen LogP contribution in [0, 0.1) is 15.5 Å². The Morgan fingerprint density at radius 3 is 2.47 bits per heavy atom. The SMILES string of the molecule is CC1(C)CCC(CN2CCN(c3ccc(C(=O)NS(=O)(=O)c4cccc([N+](=O)[O-])c4NN4CCS(=O)(=O)CC4)c(Oc4cnc5[nH]ccc5c4)c3)CC2)=C(c2ccc(Cl)cc2)C1. The molecule has 1 aliphatic carbocycles. The summed E-state index contributed by atoms with van der Waals surface area (Å²) in [5.41, 5.74) is 7.32. The quantitative estimate of drug-likeness (QED) is 0.0866. The Hall–Kier alpha value is -5.53. The molecule has 2 aliphatic heterocycles. The fraction of sp³-hybridized carbons (Fsp3) is 0.349. The van der Waals surface area contributed by atoms with Gasteiger partial charge in [0.05, 0.1) is 28.2 Å². The van der Waals surface area contributed by atoms with Crippen LogP contribution in [0.3, 0.4) is 0 Å². The van der Waals surface area contributed by atoms with Crippen molar-refractivity contribution in [3.63, 3.8) is 0 Å². The summed E-state index contributed by atoms with van der Waals surface area (Å²) in [5, 5.41) is 14.9. The first-order valence-electron chi connectivity index (χ1n) is 20.3. The average Bonchev–Trinajstić information content (AvgIpc) is 3.71. The van der Waals surface area contributed by atoms with E-state index >= 15 is 0 Å². The monoisotopic (exact) mass is 902 g/mol.